The van der Waals surface area contributed by atoms with Gasteiger partial charge in [0.05, 0.1) is 5.60 Å². The molecule has 1 N–H and O–H groups in total. The Bertz CT molecular complexity index is 380. The quantitative estimate of drug-likeness (QED) is 0.874. The lowest BCUT2D eigenvalue weighted by molar-refractivity contribution is -0.0411. The lowest BCUT2D eigenvalue weighted by atomic mass is 9.74. The van der Waals surface area contributed by atoms with Crippen LogP contribution in [0.1, 0.15) is 33.3 Å². The van der Waals surface area contributed by atoms with Crippen LogP contribution >= 0.6 is 15.9 Å². The molecule has 0 bridgehead atoms. The summed E-state index contributed by atoms with van der Waals surface area (Å²) < 4.78 is 14.4. The highest BCUT2D eigenvalue weighted by Gasteiger charge is 2.35. The molecule has 1 nitrogen and oxygen atoms in total. The van der Waals surface area contributed by atoms with Crippen LogP contribution in [0.2, 0.25) is 0 Å². The topological polar surface area (TPSA) is 20.2 Å². The van der Waals surface area contributed by atoms with Crippen LogP contribution in [0.25, 0.3) is 0 Å². The van der Waals surface area contributed by atoms with Gasteiger partial charge in [0.15, 0.2) is 0 Å². The standard InChI is InChI=1S/C13H18BrFO/c1-12(2,3)13(4,16)8-9-7-10(14)5-6-11(9)15/h5-7,16H,8H2,1-4H3. The predicted molar refractivity (Wildman–Crippen MR) is 67.9 cm³/mol. The number of hydrogen-bond donors (Lipinski definition) is 1. The van der Waals surface area contributed by atoms with Gasteiger partial charge in [0.1, 0.15) is 5.82 Å². The molecule has 0 aliphatic heterocycles. The zero-order chi connectivity index (χ0) is 12.6. The maximum atomic E-state index is 13.6. The van der Waals surface area contributed by atoms with Crippen molar-refractivity contribution in [3.8, 4) is 0 Å². The van der Waals surface area contributed by atoms with Crippen LogP contribution in [0.5, 0.6) is 0 Å². The lowest BCUT2D eigenvalue weighted by Gasteiger charge is -2.37. The van der Waals surface area contributed by atoms with Crippen molar-refractivity contribution in [3.63, 3.8) is 0 Å². The number of hydrogen-bond acceptors (Lipinski definition) is 1. The van der Waals surface area contributed by atoms with Crippen molar-refractivity contribution in [1.82, 2.24) is 0 Å². The predicted octanol–water partition coefficient (Wildman–Crippen LogP) is 3.93. The van der Waals surface area contributed by atoms with Gasteiger partial charge in [0.2, 0.25) is 0 Å². The fourth-order valence-corrected chi connectivity index (χ4v) is 1.72. The summed E-state index contributed by atoms with van der Waals surface area (Å²) in [5.74, 6) is -0.271. The summed E-state index contributed by atoms with van der Waals surface area (Å²) in [6.07, 6.45) is 0.307. The molecule has 1 unspecified atom stereocenters. The van der Waals surface area contributed by atoms with E-state index in [4.69, 9.17) is 0 Å². The van der Waals surface area contributed by atoms with E-state index in [1.54, 1.807) is 19.1 Å². The van der Waals surface area contributed by atoms with E-state index in [2.05, 4.69) is 15.9 Å². The van der Waals surface area contributed by atoms with Gasteiger partial charge in [-0.2, -0.15) is 0 Å². The molecule has 90 valence electrons. The summed E-state index contributed by atoms with van der Waals surface area (Å²) in [5, 5.41) is 10.3. The van der Waals surface area contributed by atoms with E-state index in [1.807, 2.05) is 20.8 Å². The molecule has 0 saturated carbocycles. The van der Waals surface area contributed by atoms with Crippen molar-refractivity contribution in [2.24, 2.45) is 5.41 Å². The number of benzene rings is 1. The summed E-state index contributed by atoms with van der Waals surface area (Å²) in [7, 11) is 0. The second kappa shape index (κ2) is 4.46. The second-order valence-corrected chi connectivity index (χ2v) is 6.35. The summed E-state index contributed by atoms with van der Waals surface area (Å²) in [6.45, 7) is 7.59. The summed E-state index contributed by atoms with van der Waals surface area (Å²) in [5.41, 5.74) is -0.689. The van der Waals surface area contributed by atoms with E-state index < -0.39 is 5.60 Å². The van der Waals surface area contributed by atoms with Crippen molar-refractivity contribution in [2.75, 3.05) is 0 Å². The van der Waals surface area contributed by atoms with Gasteiger partial charge in [-0.3, -0.25) is 0 Å². The van der Waals surface area contributed by atoms with Gasteiger partial charge in [-0.1, -0.05) is 36.7 Å². The van der Waals surface area contributed by atoms with Crippen molar-refractivity contribution in [1.29, 1.82) is 0 Å². The Kier molecular flexibility index (Phi) is 3.80. The molecule has 1 atom stereocenters. The Labute approximate surface area is 105 Å². The van der Waals surface area contributed by atoms with Gasteiger partial charge in [-0.15, -0.1) is 0 Å². The van der Waals surface area contributed by atoms with Crippen LogP contribution < -0.4 is 0 Å². The third-order valence-electron chi connectivity index (χ3n) is 3.16. The Hall–Kier alpha value is -0.410. The van der Waals surface area contributed by atoms with Crippen LogP contribution in [0.4, 0.5) is 4.39 Å². The normalized spacial score (nSPS) is 15.9. The monoisotopic (exact) mass is 288 g/mol. The van der Waals surface area contributed by atoms with Crippen molar-refractivity contribution in [2.45, 2.75) is 39.7 Å². The Morgan fingerprint density at radius 2 is 1.81 bits per heavy atom. The molecule has 3 heteroatoms. The van der Waals surface area contributed by atoms with Crippen molar-refractivity contribution >= 4 is 15.9 Å². The smallest absolute Gasteiger partial charge is 0.126 e. The SMILES string of the molecule is CC(C)(C)C(C)(O)Cc1cc(Br)ccc1F. The highest BCUT2D eigenvalue weighted by Crippen LogP contribution is 2.33. The fraction of sp³-hybridized carbons (Fsp3) is 0.538. The second-order valence-electron chi connectivity index (χ2n) is 5.44. The minimum Gasteiger partial charge on any atom is -0.389 e. The van der Waals surface area contributed by atoms with Gasteiger partial charge in [-0.25, -0.2) is 4.39 Å². The first-order chi connectivity index (χ1) is 7.13. The zero-order valence-corrected chi connectivity index (χ0v) is 11.7. The average Bonchev–Trinajstić information content (AvgIpc) is 2.09. The van der Waals surface area contributed by atoms with Crippen LogP contribution in [-0.4, -0.2) is 10.7 Å². The molecular formula is C13H18BrFO. The first-order valence-electron chi connectivity index (χ1n) is 5.30. The van der Waals surface area contributed by atoms with Crippen LogP contribution in [0, 0.1) is 11.2 Å². The van der Waals surface area contributed by atoms with E-state index in [1.165, 1.54) is 6.07 Å². The number of rotatable bonds is 2. The minimum atomic E-state index is -0.936. The van der Waals surface area contributed by atoms with E-state index in [0.717, 1.165) is 4.47 Å². The Morgan fingerprint density at radius 3 is 2.31 bits per heavy atom. The molecule has 0 amide bonds. The van der Waals surface area contributed by atoms with Crippen molar-refractivity contribution < 1.29 is 9.50 Å². The largest absolute Gasteiger partial charge is 0.389 e. The molecule has 1 rings (SSSR count). The summed E-state index contributed by atoms with van der Waals surface area (Å²) in [6, 6.07) is 4.79. The molecule has 1 aromatic carbocycles. The first kappa shape index (κ1) is 13.7. The molecule has 0 aliphatic rings. The molecule has 0 aromatic heterocycles. The lowest BCUT2D eigenvalue weighted by Crippen LogP contribution is -2.41. The molecule has 0 spiro atoms. The van der Waals surface area contributed by atoms with E-state index in [9.17, 15) is 9.50 Å². The van der Waals surface area contributed by atoms with Crippen molar-refractivity contribution in [3.05, 3.63) is 34.1 Å². The molecule has 0 fully saturated rings. The zero-order valence-electron chi connectivity index (χ0n) is 10.1. The third-order valence-corrected chi connectivity index (χ3v) is 3.65. The van der Waals surface area contributed by atoms with Gasteiger partial charge in [0, 0.05) is 10.9 Å². The maximum Gasteiger partial charge on any atom is 0.126 e. The highest BCUT2D eigenvalue weighted by molar-refractivity contribution is 9.10. The fourth-order valence-electron chi connectivity index (χ4n) is 1.31. The molecule has 0 saturated heterocycles. The Morgan fingerprint density at radius 1 is 1.25 bits per heavy atom. The van der Waals surface area contributed by atoms with E-state index in [0.29, 0.717) is 12.0 Å². The minimum absolute atomic E-state index is 0.271. The van der Waals surface area contributed by atoms with Crippen LogP contribution in [-0.2, 0) is 6.42 Å². The highest BCUT2D eigenvalue weighted by atomic mass is 79.9. The van der Waals surface area contributed by atoms with Gasteiger partial charge in [-0.05, 0) is 36.1 Å². The maximum absolute atomic E-state index is 13.6. The molecule has 0 heterocycles. The first-order valence-corrected chi connectivity index (χ1v) is 6.09. The molecule has 0 radical (unpaired) electrons. The third kappa shape index (κ3) is 3.05. The van der Waals surface area contributed by atoms with Gasteiger partial charge >= 0.3 is 0 Å². The summed E-state index contributed by atoms with van der Waals surface area (Å²) >= 11 is 3.31. The molecular weight excluding hydrogens is 271 g/mol. The van der Waals surface area contributed by atoms with Crippen LogP contribution in [0.3, 0.4) is 0 Å². The van der Waals surface area contributed by atoms with Gasteiger partial charge < -0.3 is 5.11 Å². The average molecular weight is 289 g/mol. The van der Waals surface area contributed by atoms with Gasteiger partial charge in [0.25, 0.3) is 0 Å². The van der Waals surface area contributed by atoms with Crippen LogP contribution in [0.15, 0.2) is 22.7 Å². The molecule has 1 aromatic rings. The van der Waals surface area contributed by atoms with E-state index in [-0.39, 0.29) is 11.2 Å². The Balaban J connectivity index is 3.01. The summed E-state index contributed by atoms with van der Waals surface area (Å²) in [4.78, 5) is 0. The molecule has 0 aliphatic carbocycles. The number of aliphatic hydroxyl groups is 1. The van der Waals surface area contributed by atoms with E-state index >= 15 is 0 Å². The molecule has 16 heavy (non-hydrogen) atoms. The number of halogens is 2.